The monoisotopic (exact) mass is 334 g/mol. The maximum absolute atomic E-state index is 12.8. The highest BCUT2D eigenvalue weighted by Gasteiger charge is 2.37. The highest BCUT2D eigenvalue weighted by molar-refractivity contribution is 8.58. The molecule has 0 aromatic rings. The molecule has 2 unspecified atom stereocenters. The Morgan fingerprint density at radius 1 is 1.44 bits per heavy atom. The van der Waals surface area contributed by atoms with Crippen LogP contribution in [0.5, 0.6) is 0 Å². The Morgan fingerprint density at radius 2 is 2.00 bits per heavy atom. The predicted octanol–water partition coefficient (Wildman–Crippen LogP) is 2.47. The third-order valence-electron chi connectivity index (χ3n) is 2.34. The smallest absolute Gasteiger partial charge is 0.276 e. The molecule has 0 saturated heterocycles. The fourth-order valence-electron chi connectivity index (χ4n) is 1.20. The number of thioether (sulfide) groups is 1. The summed E-state index contributed by atoms with van der Waals surface area (Å²) in [5.41, 5.74) is 0. The van der Waals surface area contributed by atoms with Gasteiger partial charge in [0.05, 0.1) is 6.26 Å². The van der Waals surface area contributed by atoms with E-state index in [1.54, 1.807) is 7.05 Å². The molecule has 0 fully saturated rings. The van der Waals surface area contributed by atoms with Crippen LogP contribution in [-0.2, 0) is 14.6 Å². The quantitative estimate of drug-likeness (QED) is 0.654. The van der Waals surface area contributed by atoms with E-state index in [9.17, 15) is 13.0 Å². The second kappa shape index (κ2) is 8.17. The minimum atomic E-state index is -3.49. The molecule has 0 spiro atoms. The van der Waals surface area contributed by atoms with Crippen molar-refractivity contribution in [3.63, 3.8) is 0 Å². The van der Waals surface area contributed by atoms with Gasteiger partial charge < -0.3 is 0 Å². The summed E-state index contributed by atoms with van der Waals surface area (Å²) in [4.78, 5) is 0. The van der Waals surface area contributed by atoms with Crippen LogP contribution in [0.4, 0.5) is 0 Å². The zero-order valence-electron chi connectivity index (χ0n) is 11.5. The van der Waals surface area contributed by atoms with Gasteiger partial charge in [0.15, 0.2) is 0 Å². The molecule has 0 amide bonds. The van der Waals surface area contributed by atoms with Crippen LogP contribution in [0.1, 0.15) is 20.3 Å². The lowest BCUT2D eigenvalue weighted by Crippen LogP contribution is -2.32. The molecule has 0 radical (unpaired) electrons. The Kier molecular flexibility index (Phi) is 8.53. The topological polar surface area (TPSA) is 66.5 Å². The lowest BCUT2D eigenvalue weighted by atomic mass is 10.4. The molecule has 1 N–H and O–H groups in total. The molecule has 0 aromatic heterocycles. The van der Waals surface area contributed by atoms with E-state index in [4.69, 9.17) is 0 Å². The summed E-state index contributed by atoms with van der Waals surface area (Å²) in [7, 11) is -1.94. The highest BCUT2D eigenvalue weighted by Crippen LogP contribution is 2.60. The van der Waals surface area contributed by atoms with Crippen molar-refractivity contribution in [3.8, 4) is 0 Å². The average molecular weight is 334 g/mol. The van der Waals surface area contributed by atoms with Crippen LogP contribution in [-0.4, -0.2) is 49.6 Å². The van der Waals surface area contributed by atoms with Gasteiger partial charge in [0.2, 0.25) is 10.0 Å². The highest BCUT2D eigenvalue weighted by atomic mass is 32.7. The van der Waals surface area contributed by atoms with Gasteiger partial charge in [-0.1, -0.05) is 25.2 Å². The minimum Gasteiger partial charge on any atom is -0.276 e. The molecule has 2 atom stereocenters. The van der Waals surface area contributed by atoms with Crippen LogP contribution in [0, 0.1) is 0 Å². The summed E-state index contributed by atoms with van der Waals surface area (Å²) in [6, 6.07) is 0. The molecule has 0 saturated carbocycles. The first-order valence-electron chi connectivity index (χ1n) is 5.65. The van der Waals surface area contributed by atoms with Crippen LogP contribution in [0.3, 0.4) is 0 Å². The molecular formula is C9H23N2O3PS3. The SMILES string of the molecule is CCC(C)SP(=O)(NC)N(CCSC)S(C)(=O)=O. The Hall–Kier alpha value is 0.800. The summed E-state index contributed by atoms with van der Waals surface area (Å²) in [6.45, 7) is 1.07. The van der Waals surface area contributed by atoms with E-state index >= 15 is 0 Å². The molecule has 0 bridgehead atoms. The summed E-state index contributed by atoms with van der Waals surface area (Å²) in [5, 5.41) is 2.86. The van der Waals surface area contributed by atoms with E-state index in [1.165, 1.54) is 23.1 Å². The van der Waals surface area contributed by atoms with Crippen LogP contribution in [0.2, 0.25) is 0 Å². The third kappa shape index (κ3) is 5.84. The molecule has 5 nitrogen and oxygen atoms in total. The maximum Gasteiger partial charge on any atom is 0.282 e. The van der Waals surface area contributed by atoms with Crippen molar-refractivity contribution in [1.29, 1.82) is 0 Å². The van der Waals surface area contributed by atoms with E-state index in [0.29, 0.717) is 5.75 Å². The Bertz CT molecular complexity index is 389. The number of rotatable bonds is 9. The third-order valence-corrected chi connectivity index (χ3v) is 11.2. The van der Waals surface area contributed by atoms with Gasteiger partial charge in [-0.15, -0.1) is 4.08 Å². The van der Waals surface area contributed by atoms with Gasteiger partial charge in [-0.3, -0.25) is 4.57 Å². The van der Waals surface area contributed by atoms with Crippen molar-refractivity contribution in [3.05, 3.63) is 0 Å². The standard InChI is InChI=1S/C9H23N2O3PS3/c1-6-9(2)17-15(12,10-3)11(7-8-16-4)18(5,13)14/h9H,6-8H2,1-5H3,(H,10,12). The first-order valence-corrected chi connectivity index (χ1v) is 12.0. The van der Waals surface area contributed by atoms with Gasteiger partial charge in [-0.05, 0) is 19.7 Å². The van der Waals surface area contributed by atoms with Crippen LogP contribution in [0.25, 0.3) is 0 Å². The second-order valence-corrected chi connectivity index (χ2v) is 12.1. The molecule has 9 heteroatoms. The van der Waals surface area contributed by atoms with E-state index in [1.807, 2.05) is 20.1 Å². The van der Waals surface area contributed by atoms with Crippen molar-refractivity contribution in [2.45, 2.75) is 25.5 Å². The first kappa shape index (κ1) is 18.8. The molecule has 0 aliphatic heterocycles. The van der Waals surface area contributed by atoms with Gasteiger partial charge in [-0.25, -0.2) is 13.5 Å². The molecule has 0 rings (SSSR count). The molecule has 0 aliphatic carbocycles. The normalized spacial score (nSPS) is 17.7. The fourth-order valence-corrected chi connectivity index (χ4v) is 9.70. The number of hydrogen-bond donors (Lipinski definition) is 1. The van der Waals surface area contributed by atoms with Crippen LogP contribution in [0.15, 0.2) is 0 Å². The molecule has 18 heavy (non-hydrogen) atoms. The molecule has 110 valence electrons. The minimum absolute atomic E-state index is 0.141. The Balaban J connectivity index is 5.19. The summed E-state index contributed by atoms with van der Waals surface area (Å²) in [6.07, 6.45) is 3.84. The van der Waals surface area contributed by atoms with Crippen LogP contribution >= 0.6 is 29.8 Å². The molecule has 0 aliphatic rings. The maximum atomic E-state index is 12.8. The van der Waals surface area contributed by atoms with E-state index in [2.05, 4.69) is 5.09 Å². The van der Waals surface area contributed by atoms with E-state index in [-0.39, 0.29) is 11.8 Å². The molecule has 0 heterocycles. The Morgan fingerprint density at radius 3 is 2.33 bits per heavy atom. The van der Waals surface area contributed by atoms with Crippen molar-refractivity contribution in [2.75, 3.05) is 31.9 Å². The summed E-state index contributed by atoms with van der Waals surface area (Å²) >= 11 is 2.75. The van der Waals surface area contributed by atoms with Gasteiger partial charge >= 0.3 is 0 Å². The predicted molar refractivity (Wildman–Crippen MR) is 83.9 cm³/mol. The van der Waals surface area contributed by atoms with E-state index < -0.39 is 16.7 Å². The number of nitrogens with one attached hydrogen (secondary N) is 1. The number of nitrogens with zero attached hydrogens (tertiary/aromatic N) is 1. The lowest BCUT2D eigenvalue weighted by Gasteiger charge is -2.29. The largest absolute Gasteiger partial charge is 0.282 e. The summed E-state index contributed by atoms with van der Waals surface area (Å²) < 4.78 is 37.5. The van der Waals surface area contributed by atoms with Crippen LogP contribution < -0.4 is 5.09 Å². The first-order chi connectivity index (χ1) is 8.21. The second-order valence-electron chi connectivity index (χ2n) is 3.87. The molecular weight excluding hydrogens is 311 g/mol. The zero-order valence-corrected chi connectivity index (χ0v) is 14.9. The number of hydrogen-bond acceptors (Lipinski definition) is 5. The van der Waals surface area contributed by atoms with Gasteiger partial charge in [0.1, 0.15) is 0 Å². The Labute approximate surface area is 119 Å². The fraction of sp³-hybridized carbons (Fsp3) is 1.00. The molecule has 0 aromatic carbocycles. The summed E-state index contributed by atoms with van der Waals surface area (Å²) in [5.74, 6) is 0.625. The lowest BCUT2D eigenvalue weighted by molar-refractivity contribution is 0.513. The van der Waals surface area contributed by atoms with Crippen molar-refractivity contribution in [1.82, 2.24) is 9.16 Å². The van der Waals surface area contributed by atoms with Crippen molar-refractivity contribution >= 4 is 39.8 Å². The zero-order chi connectivity index (χ0) is 14.4. The van der Waals surface area contributed by atoms with E-state index in [0.717, 1.165) is 16.8 Å². The average Bonchev–Trinajstić information content (AvgIpc) is 2.27. The van der Waals surface area contributed by atoms with Crippen molar-refractivity contribution in [2.24, 2.45) is 0 Å². The van der Waals surface area contributed by atoms with Gasteiger partial charge in [-0.2, -0.15) is 11.8 Å². The number of sulfonamides is 1. The van der Waals surface area contributed by atoms with Gasteiger partial charge in [0.25, 0.3) is 6.65 Å². The van der Waals surface area contributed by atoms with Gasteiger partial charge in [0, 0.05) is 17.5 Å². The van der Waals surface area contributed by atoms with Crippen molar-refractivity contribution < 1.29 is 13.0 Å².